The maximum absolute atomic E-state index is 12.5. The zero-order chi connectivity index (χ0) is 17.6. The van der Waals surface area contributed by atoms with E-state index in [0.29, 0.717) is 26.4 Å². The molecule has 1 saturated heterocycles. The van der Waals surface area contributed by atoms with Crippen molar-refractivity contribution in [3.05, 3.63) is 34.2 Å². The third-order valence-corrected chi connectivity index (χ3v) is 5.59. The largest absolute Gasteiger partial charge is 0.374 e. The minimum atomic E-state index is -3.67. The molecule has 0 saturated carbocycles. The van der Waals surface area contributed by atoms with Crippen molar-refractivity contribution in [3.8, 4) is 0 Å². The molecule has 2 rings (SSSR count). The fourth-order valence-electron chi connectivity index (χ4n) is 2.58. The number of hydrogen-bond donors (Lipinski definition) is 3. The van der Waals surface area contributed by atoms with E-state index >= 15 is 0 Å². The molecule has 0 spiro atoms. The molecule has 2 heterocycles. The van der Waals surface area contributed by atoms with Crippen LogP contribution in [0.1, 0.15) is 25.5 Å². The Balaban J connectivity index is 1.92. The van der Waals surface area contributed by atoms with Gasteiger partial charge in [0.15, 0.2) is 0 Å². The lowest BCUT2D eigenvalue weighted by molar-refractivity contribution is -0.0884. The second-order valence-corrected chi connectivity index (χ2v) is 7.86. The summed E-state index contributed by atoms with van der Waals surface area (Å²) in [5, 5.41) is 3.25. The molecule has 0 amide bonds. The normalized spacial score (nSPS) is 24.0. The van der Waals surface area contributed by atoms with Crippen molar-refractivity contribution in [1.29, 1.82) is 0 Å². The Bertz CT molecular complexity index is 608. The first-order valence-electron chi connectivity index (χ1n) is 8.04. The van der Waals surface area contributed by atoms with E-state index in [1.807, 2.05) is 0 Å². The van der Waals surface area contributed by atoms with Crippen LogP contribution >= 0.6 is 7.37 Å². The van der Waals surface area contributed by atoms with Gasteiger partial charge in [-0.3, -0.25) is 9.36 Å². The molecule has 1 aromatic rings. The molecule has 9 heteroatoms. The first kappa shape index (κ1) is 19.3. The molecule has 3 N–H and O–H groups in total. The highest BCUT2D eigenvalue weighted by molar-refractivity contribution is 7.58. The number of pyridine rings is 1. The van der Waals surface area contributed by atoms with Crippen LogP contribution in [-0.4, -0.2) is 54.5 Å². The number of aromatic nitrogens is 1. The smallest absolute Gasteiger partial charge is 0.257 e. The number of ether oxygens (including phenoxy) is 3. The van der Waals surface area contributed by atoms with E-state index in [4.69, 9.17) is 14.2 Å². The third-order valence-electron chi connectivity index (χ3n) is 3.71. The van der Waals surface area contributed by atoms with Crippen molar-refractivity contribution in [2.45, 2.75) is 32.0 Å². The Morgan fingerprint density at radius 2 is 2.12 bits per heavy atom. The van der Waals surface area contributed by atoms with E-state index in [0.717, 1.165) is 5.56 Å². The third kappa shape index (κ3) is 5.24. The van der Waals surface area contributed by atoms with Gasteiger partial charge >= 0.3 is 0 Å². The molecule has 136 valence electrons. The van der Waals surface area contributed by atoms with E-state index in [1.165, 1.54) is 6.07 Å². The average Bonchev–Trinajstić information content (AvgIpc) is 2.55. The molecule has 0 bridgehead atoms. The Morgan fingerprint density at radius 1 is 1.42 bits per heavy atom. The summed E-state index contributed by atoms with van der Waals surface area (Å²) in [5.74, 6) is 0. The first-order valence-corrected chi connectivity index (χ1v) is 9.96. The minimum Gasteiger partial charge on any atom is -0.374 e. The van der Waals surface area contributed by atoms with Crippen molar-refractivity contribution < 1.29 is 23.7 Å². The number of aromatic amines is 1. The summed E-state index contributed by atoms with van der Waals surface area (Å²) in [6.45, 7) is 4.82. The lowest BCUT2D eigenvalue weighted by atomic mass is 10.1. The fraction of sp³-hybridized carbons (Fsp3) is 0.667. The molecule has 1 aliphatic heterocycles. The molecule has 3 atom stereocenters. The van der Waals surface area contributed by atoms with Crippen LogP contribution in [0, 0.1) is 0 Å². The molecule has 1 aromatic heterocycles. The summed E-state index contributed by atoms with van der Waals surface area (Å²) in [6.07, 6.45) is 1.12. The maximum Gasteiger partial charge on any atom is 0.257 e. The van der Waals surface area contributed by atoms with E-state index in [-0.39, 0.29) is 17.8 Å². The van der Waals surface area contributed by atoms with Crippen molar-refractivity contribution in [3.63, 3.8) is 0 Å². The van der Waals surface area contributed by atoms with Crippen molar-refractivity contribution in [2.75, 3.05) is 32.5 Å². The van der Waals surface area contributed by atoms with Gasteiger partial charge < -0.3 is 29.4 Å². The van der Waals surface area contributed by atoms with Gasteiger partial charge in [0.25, 0.3) is 7.37 Å². The van der Waals surface area contributed by atoms with Gasteiger partial charge in [0.2, 0.25) is 11.6 Å². The first-order chi connectivity index (χ1) is 11.5. The number of hydrogen-bond acceptors (Lipinski definition) is 6. The van der Waals surface area contributed by atoms with Gasteiger partial charge in [0, 0.05) is 32.0 Å². The van der Waals surface area contributed by atoms with E-state index < -0.39 is 19.5 Å². The highest BCUT2D eigenvalue weighted by Crippen LogP contribution is 2.48. The molecule has 0 radical (unpaired) electrons. The Kier molecular flexibility index (Phi) is 7.16. The summed E-state index contributed by atoms with van der Waals surface area (Å²) >= 11 is 0. The SMILES string of the molecule is CCOC(OCC)P(=O)(O)C[C@H]1CN[C@H](c2cc[nH]c(=O)c2)CO1. The average molecular weight is 360 g/mol. The van der Waals surface area contributed by atoms with Gasteiger partial charge in [0.1, 0.15) is 0 Å². The van der Waals surface area contributed by atoms with Gasteiger partial charge in [-0.2, -0.15) is 0 Å². The molecule has 1 aliphatic rings. The maximum atomic E-state index is 12.5. The van der Waals surface area contributed by atoms with Crippen LogP contribution < -0.4 is 10.9 Å². The number of rotatable bonds is 8. The van der Waals surface area contributed by atoms with Gasteiger partial charge in [-0.15, -0.1) is 0 Å². The van der Waals surface area contributed by atoms with Gasteiger partial charge in [-0.05, 0) is 25.5 Å². The molecular formula is C15H25N2O6P. The van der Waals surface area contributed by atoms with E-state index in [1.54, 1.807) is 26.1 Å². The number of nitrogens with one attached hydrogen (secondary N) is 2. The van der Waals surface area contributed by atoms with Gasteiger partial charge in [0.05, 0.1) is 24.9 Å². The van der Waals surface area contributed by atoms with Crippen LogP contribution in [-0.2, 0) is 18.8 Å². The predicted octanol–water partition coefficient (Wildman–Crippen LogP) is 1.03. The van der Waals surface area contributed by atoms with E-state index in [9.17, 15) is 14.3 Å². The van der Waals surface area contributed by atoms with Crippen LogP contribution in [0.2, 0.25) is 0 Å². The molecule has 0 aliphatic carbocycles. The summed E-state index contributed by atoms with van der Waals surface area (Å²) in [7, 11) is -3.67. The topological polar surface area (TPSA) is 110 Å². The van der Waals surface area contributed by atoms with Crippen LogP contribution in [0.15, 0.2) is 23.1 Å². The second-order valence-electron chi connectivity index (χ2n) is 5.56. The van der Waals surface area contributed by atoms with Crippen molar-refractivity contribution >= 4 is 7.37 Å². The monoisotopic (exact) mass is 360 g/mol. The van der Waals surface area contributed by atoms with Crippen LogP contribution in [0.5, 0.6) is 0 Å². The van der Waals surface area contributed by atoms with Crippen LogP contribution in [0.3, 0.4) is 0 Å². The Labute approximate surface area is 141 Å². The number of H-pyrrole nitrogens is 1. The highest BCUT2D eigenvalue weighted by atomic mass is 31.2. The lowest BCUT2D eigenvalue weighted by Crippen LogP contribution is -2.43. The second kappa shape index (κ2) is 8.89. The van der Waals surface area contributed by atoms with Gasteiger partial charge in [-0.1, -0.05) is 0 Å². The molecule has 8 nitrogen and oxygen atoms in total. The summed E-state index contributed by atoms with van der Waals surface area (Å²) in [4.78, 5) is 24.2. The van der Waals surface area contributed by atoms with Crippen LogP contribution in [0.4, 0.5) is 0 Å². The number of morpholine rings is 1. The fourth-order valence-corrected chi connectivity index (χ4v) is 4.33. The quantitative estimate of drug-likeness (QED) is 0.469. The Hall–Kier alpha value is -1.02. The zero-order valence-electron chi connectivity index (χ0n) is 13.9. The van der Waals surface area contributed by atoms with Crippen molar-refractivity contribution in [1.82, 2.24) is 10.3 Å². The molecule has 1 unspecified atom stereocenters. The zero-order valence-corrected chi connectivity index (χ0v) is 14.8. The molecule has 24 heavy (non-hydrogen) atoms. The lowest BCUT2D eigenvalue weighted by Gasteiger charge is -2.32. The van der Waals surface area contributed by atoms with Gasteiger partial charge in [-0.25, -0.2) is 0 Å². The van der Waals surface area contributed by atoms with E-state index in [2.05, 4.69) is 10.3 Å². The highest BCUT2D eigenvalue weighted by Gasteiger charge is 2.37. The predicted molar refractivity (Wildman–Crippen MR) is 89.3 cm³/mol. The summed E-state index contributed by atoms with van der Waals surface area (Å²) in [5.41, 5.74) is 0.651. The minimum absolute atomic E-state index is 0.0488. The molecule has 1 fully saturated rings. The standard InChI is InChI=1S/C15H25N2O6P/c1-3-21-15(22-4-2)24(19,20)10-12-8-17-13(9-23-12)11-5-6-16-14(18)7-11/h5-7,12-13,15,17H,3-4,8-10H2,1-2H3,(H,16,18)(H,19,20)/t12-,13+/m1/s1. The summed E-state index contributed by atoms with van der Waals surface area (Å²) < 4.78 is 28.7. The Morgan fingerprint density at radius 3 is 2.67 bits per heavy atom. The summed E-state index contributed by atoms with van der Waals surface area (Å²) in [6, 6.07) is 2.08. The molecular weight excluding hydrogens is 335 g/mol. The van der Waals surface area contributed by atoms with Crippen LogP contribution in [0.25, 0.3) is 0 Å². The van der Waals surface area contributed by atoms with Crippen molar-refractivity contribution in [2.24, 2.45) is 0 Å². The molecule has 0 aromatic carbocycles.